The maximum atomic E-state index is 12.0. The summed E-state index contributed by atoms with van der Waals surface area (Å²) in [4.78, 5) is 17.3. The quantitative estimate of drug-likeness (QED) is 0.879. The van der Waals surface area contributed by atoms with Gasteiger partial charge in [-0.3, -0.25) is 4.79 Å². The second-order valence-electron chi connectivity index (χ2n) is 5.63. The van der Waals surface area contributed by atoms with Crippen molar-refractivity contribution in [2.45, 2.75) is 32.2 Å². The number of carbonyl (C=O) groups excluding carboxylic acids is 1. The Kier molecular flexibility index (Phi) is 4.84. The van der Waals surface area contributed by atoms with Crippen molar-refractivity contribution in [2.75, 3.05) is 13.1 Å². The molecule has 0 spiro atoms. The van der Waals surface area contributed by atoms with Crippen LogP contribution < -0.4 is 10.6 Å². The van der Waals surface area contributed by atoms with Gasteiger partial charge >= 0.3 is 0 Å². The molecular weight excluding hydrogens is 300 g/mol. The fraction of sp³-hybridized carbons (Fsp3) is 0.533. The number of thiophene rings is 1. The van der Waals surface area contributed by atoms with Crippen LogP contribution in [0.25, 0.3) is 10.7 Å². The molecule has 22 heavy (non-hydrogen) atoms. The van der Waals surface area contributed by atoms with Gasteiger partial charge in [-0.25, -0.2) is 0 Å². The lowest BCUT2D eigenvalue weighted by Gasteiger charge is -2.30. The second-order valence-corrected chi connectivity index (χ2v) is 6.58. The van der Waals surface area contributed by atoms with Gasteiger partial charge in [0.1, 0.15) is 0 Å². The van der Waals surface area contributed by atoms with Crippen LogP contribution in [0.2, 0.25) is 0 Å². The Hall–Kier alpha value is -1.73. The third-order valence-corrected chi connectivity index (χ3v) is 4.82. The van der Waals surface area contributed by atoms with E-state index in [-0.39, 0.29) is 11.9 Å². The van der Waals surface area contributed by atoms with Gasteiger partial charge in [-0.05, 0) is 30.3 Å². The number of hydrogen-bond donors (Lipinski definition) is 2. The smallest absolute Gasteiger partial charge is 0.227 e. The van der Waals surface area contributed by atoms with Crippen molar-refractivity contribution in [3.05, 3.63) is 23.4 Å². The minimum Gasteiger partial charge on any atom is -0.352 e. The van der Waals surface area contributed by atoms with E-state index >= 15 is 0 Å². The van der Waals surface area contributed by atoms with E-state index in [1.165, 1.54) is 0 Å². The van der Waals surface area contributed by atoms with Crippen molar-refractivity contribution in [3.63, 3.8) is 0 Å². The number of rotatable bonds is 5. The van der Waals surface area contributed by atoms with E-state index in [1.54, 1.807) is 11.3 Å². The summed E-state index contributed by atoms with van der Waals surface area (Å²) in [6, 6.07) is 4.11. The highest BCUT2D eigenvalue weighted by molar-refractivity contribution is 7.13. The molecule has 0 radical (unpaired) electrons. The van der Waals surface area contributed by atoms with E-state index in [9.17, 15) is 4.79 Å². The molecule has 2 aromatic heterocycles. The highest BCUT2D eigenvalue weighted by Crippen LogP contribution is 2.21. The third-order valence-electron chi connectivity index (χ3n) is 3.95. The van der Waals surface area contributed by atoms with Crippen molar-refractivity contribution in [1.29, 1.82) is 0 Å². The first-order valence-corrected chi connectivity index (χ1v) is 8.47. The van der Waals surface area contributed by atoms with Crippen molar-refractivity contribution in [1.82, 2.24) is 20.8 Å². The van der Waals surface area contributed by atoms with E-state index < -0.39 is 0 Å². The standard InChI is InChI=1S/C15H20N4O2S/c1-10-6-7-16-9-11(10)17-13(20)4-5-14-18-15(19-21-14)12-3-2-8-22-12/h2-3,8,10-11,16H,4-7,9H2,1H3,(H,17,20). The van der Waals surface area contributed by atoms with Crippen molar-refractivity contribution >= 4 is 17.2 Å². The molecule has 118 valence electrons. The number of amides is 1. The number of aromatic nitrogens is 2. The number of nitrogens with zero attached hydrogens (tertiary/aromatic N) is 2. The van der Waals surface area contributed by atoms with Gasteiger partial charge in [-0.15, -0.1) is 11.3 Å². The largest absolute Gasteiger partial charge is 0.352 e. The topological polar surface area (TPSA) is 80.0 Å². The predicted molar refractivity (Wildman–Crippen MR) is 84.5 cm³/mol. The average Bonchev–Trinajstić information content (AvgIpc) is 3.18. The molecule has 3 rings (SSSR count). The number of nitrogens with one attached hydrogen (secondary N) is 2. The highest BCUT2D eigenvalue weighted by atomic mass is 32.1. The van der Waals surface area contributed by atoms with Gasteiger partial charge in [0.05, 0.1) is 4.88 Å². The van der Waals surface area contributed by atoms with Gasteiger partial charge in [-0.2, -0.15) is 4.98 Å². The molecule has 2 atom stereocenters. The molecule has 0 aromatic carbocycles. The summed E-state index contributed by atoms with van der Waals surface area (Å²) in [5.74, 6) is 1.65. The molecule has 2 aromatic rings. The van der Waals surface area contributed by atoms with Gasteiger partial charge in [0.2, 0.25) is 17.6 Å². The Labute approximate surface area is 133 Å². The SMILES string of the molecule is CC1CCNCC1NC(=O)CCc1nc(-c2cccs2)no1. The zero-order valence-electron chi connectivity index (χ0n) is 12.5. The fourth-order valence-electron chi connectivity index (χ4n) is 2.54. The van der Waals surface area contributed by atoms with E-state index in [4.69, 9.17) is 4.52 Å². The van der Waals surface area contributed by atoms with Crippen LogP contribution in [0.4, 0.5) is 0 Å². The summed E-state index contributed by atoms with van der Waals surface area (Å²) in [5.41, 5.74) is 0. The van der Waals surface area contributed by atoms with Crippen LogP contribution in [0, 0.1) is 5.92 Å². The summed E-state index contributed by atoms with van der Waals surface area (Å²) >= 11 is 1.57. The average molecular weight is 320 g/mol. The van der Waals surface area contributed by atoms with Crippen LogP contribution >= 0.6 is 11.3 Å². The Morgan fingerprint density at radius 2 is 2.50 bits per heavy atom. The van der Waals surface area contributed by atoms with Crippen LogP contribution in [-0.2, 0) is 11.2 Å². The Balaban J connectivity index is 1.49. The first-order chi connectivity index (χ1) is 10.7. The molecule has 1 saturated heterocycles. The zero-order valence-corrected chi connectivity index (χ0v) is 13.4. The Morgan fingerprint density at radius 1 is 1.59 bits per heavy atom. The van der Waals surface area contributed by atoms with E-state index in [1.807, 2.05) is 17.5 Å². The highest BCUT2D eigenvalue weighted by Gasteiger charge is 2.22. The van der Waals surface area contributed by atoms with Gasteiger partial charge in [0.15, 0.2) is 0 Å². The normalized spacial score (nSPS) is 21.7. The monoisotopic (exact) mass is 320 g/mol. The molecule has 0 saturated carbocycles. The number of aryl methyl sites for hydroxylation is 1. The van der Waals surface area contributed by atoms with Crippen molar-refractivity contribution in [3.8, 4) is 10.7 Å². The molecular formula is C15H20N4O2S. The number of piperidine rings is 1. The molecule has 0 aliphatic carbocycles. The lowest BCUT2D eigenvalue weighted by molar-refractivity contribution is -0.122. The second kappa shape index (κ2) is 7.02. The first kappa shape index (κ1) is 15.2. The van der Waals surface area contributed by atoms with Crippen molar-refractivity contribution in [2.24, 2.45) is 5.92 Å². The van der Waals surface area contributed by atoms with Crippen LogP contribution in [-0.4, -0.2) is 35.2 Å². The zero-order chi connectivity index (χ0) is 15.4. The molecule has 1 amide bonds. The maximum Gasteiger partial charge on any atom is 0.227 e. The molecule has 1 aliphatic rings. The van der Waals surface area contributed by atoms with Crippen molar-refractivity contribution < 1.29 is 9.32 Å². The summed E-state index contributed by atoms with van der Waals surface area (Å²) in [5, 5.41) is 12.3. The van der Waals surface area contributed by atoms with Gasteiger partial charge in [-0.1, -0.05) is 18.1 Å². The number of carbonyl (C=O) groups is 1. The van der Waals surface area contributed by atoms with E-state index in [0.29, 0.717) is 30.5 Å². The lowest BCUT2D eigenvalue weighted by atomic mass is 9.95. The van der Waals surface area contributed by atoms with Gasteiger partial charge < -0.3 is 15.2 Å². The molecule has 7 heteroatoms. The molecule has 3 heterocycles. The van der Waals surface area contributed by atoms with E-state index in [0.717, 1.165) is 24.4 Å². The molecule has 1 aliphatic heterocycles. The summed E-state index contributed by atoms with van der Waals surface area (Å²) in [6.45, 7) is 4.05. The molecule has 6 nitrogen and oxygen atoms in total. The fourth-order valence-corrected chi connectivity index (χ4v) is 3.19. The maximum absolute atomic E-state index is 12.0. The number of hydrogen-bond acceptors (Lipinski definition) is 6. The van der Waals surface area contributed by atoms with Crippen LogP contribution in [0.3, 0.4) is 0 Å². The minimum absolute atomic E-state index is 0.0384. The van der Waals surface area contributed by atoms with E-state index in [2.05, 4.69) is 27.7 Å². The summed E-state index contributed by atoms with van der Waals surface area (Å²) < 4.78 is 5.20. The summed E-state index contributed by atoms with van der Waals surface area (Å²) in [7, 11) is 0. The molecule has 0 bridgehead atoms. The Bertz CT molecular complexity index is 611. The molecule has 2 N–H and O–H groups in total. The first-order valence-electron chi connectivity index (χ1n) is 7.59. The van der Waals surface area contributed by atoms with Gasteiger partial charge in [0.25, 0.3) is 0 Å². The third kappa shape index (κ3) is 3.72. The lowest BCUT2D eigenvalue weighted by Crippen LogP contribution is -2.50. The molecule has 2 unspecified atom stereocenters. The van der Waals surface area contributed by atoms with Gasteiger partial charge in [0, 0.05) is 25.4 Å². The van der Waals surface area contributed by atoms with Crippen LogP contribution in [0.5, 0.6) is 0 Å². The minimum atomic E-state index is 0.0384. The molecule has 1 fully saturated rings. The predicted octanol–water partition coefficient (Wildman–Crippen LogP) is 1.84. The summed E-state index contributed by atoms with van der Waals surface area (Å²) in [6.07, 6.45) is 1.94. The Morgan fingerprint density at radius 3 is 3.27 bits per heavy atom. The van der Waals surface area contributed by atoms with Crippen LogP contribution in [0.1, 0.15) is 25.7 Å². The van der Waals surface area contributed by atoms with Crippen LogP contribution in [0.15, 0.2) is 22.0 Å².